The summed E-state index contributed by atoms with van der Waals surface area (Å²) in [6, 6.07) is 29.7. The molecule has 6 nitrogen and oxygen atoms in total. The van der Waals surface area contributed by atoms with Gasteiger partial charge in [0.15, 0.2) is 11.7 Å². The molecule has 3 aromatic heterocycles. The van der Waals surface area contributed by atoms with E-state index in [0.29, 0.717) is 44.2 Å². The number of rotatable bonds is 7. The number of aryl methyl sites for hydroxylation is 1. The van der Waals surface area contributed by atoms with Crippen molar-refractivity contribution < 1.29 is 13.2 Å². The fourth-order valence-corrected chi connectivity index (χ4v) is 7.13. The van der Waals surface area contributed by atoms with Gasteiger partial charge >= 0.3 is 0 Å². The number of hydrogen-bond donors (Lipinski definition) is 0. The molecule has 0 atom stereocenters. The smallest absolute Gasteiger partial charge is 0.161 e. The molecule has 0 saturated heterocycles. The number of nitrogens with zero attached hydrogens (tertiary/aromatic N) is 6. The molecule has 0 spiro atoms. The number of allylic oxidation sites excluding steroid dienone is 2. The number of pyridine rings is 3. The Morgan fingerprint density at radius 2 is 1.33 bits per heavy atom. The van der Waals surface area contributed by atoms with Crippen molar-refractivity contribution in [3.8, 4) is 22.3 Å². The summed E-state index contributed by atoms with van der Waals surface area (Å²) in [5.41, 5.74) is 4.98. The lowest BCUT2D eigenvalue weighted by atomic mass is 9.97. The first kappa shape index (κ1) is 37.5. The zero-order chi connectivity index (χ0) is 40.3. The Morgan fingerprint density at radius 3 is 2.05 bits per heavy atom. The molecular formula is C49H35F3N6. The summed E-state index contributed by atoms with van der Waals surface area (Å²) in [5, 5.41) is 4.19. The fraction of sp³-hybridized carbons (Fsp3) is 0.0612. The van der Waals surface area contributed by atoms with Crippen molar-refractivity contribution in [2.45, 2.75) is 20.4 Å². The van der Waals surface area contributed by atoms with E-state index in [0.717, 1.165) is 26.7 Å². The maximum Gasteiger partial charge on any atom is 0.161 e. The van der Waals surface area contributed by atoms with Crippen LogP contribution in [0.1, 0.15) is 29.2 Å². The Kier molecular flexibility index (Phi) is 10.3. The number of aliphatic imine (C=N–C) groups is 3. The van der Waals surface area contributed by atoms with E-state index in [1.165, 1.54) is 24.4 Å². The monoisotopic (exact) mass is 764 g/mol. The molecule has 0 aliphatic heterocycles. The van der Waals surface area contributed by atoms with Gasteiger partial charge in [-0.1, -0.05) is 91.5 Å². The van der Waals surface area contributed by atoms with E-state index in [1.54, 1.807) is 30.6 Å². The van der Waals surface area contributed by atoms with Gasteiger partial charge in [-0.05, 0) is 73.3 Å². The highest BCUT2D eigenvalue weighted by atomic mass is 19.1. The highest BCUT2D eigenvalue weighted by Crippen LogP contribution is 2.32. The highest BCUT2D eigenvalue weighted by molar-refractivity contribution is 6.13. The van der Waals surface area contributed by atoms with Gasteiger partial charge in [0.25, 0.3) is 0 Å². The zero-order valence-corrected chi connectivity index (χ0v) is 31.7. The molecule has 5 aromatic carbocycles. The number of fused-ring (bicyclic) bond motifs is 4. The molecule has 0 N–H and O–H groups in total. The average Bonchev–Trinajstić information content (AvgIpc) is 3.23. The number of aromatic nitrogens is 3. The van der Waals surface area contributed by atoms with E-state index in [4.69, 9.17) is 4.99 Å². The summed E-state index contributed by atoms with van der Waals surface area (Å²) in [7, 11) is 0. The lowest BCUT2D eigenvalue weighted by Crippen LogP contribution is -2.23. The summed E-state index contributed by atoms with van der Waals surface area (Å²) in [5.74, 6) is -1.95. The molecule has 0 amide bonds. The van der Waals surface area contributed by atoms with Gasteiger partial charge in [-0.2, -0.15) is 0 Å². The predicted octanol–water partition coefficient (Wildman–Crippen LogP) is 10.3. The molecule has 282 valence electrons. The molecule has 0 aliphatic carbocycles. The number of hydrogen-bond acceptors (Lipinski definition) is 4. The van der Waals surface area contributed by atoms with Crippen molar-refractivity contribution in [1.29, 1.82) is 0 Å². The van der Waals surface area contributed by atoms with Crippen LogP contribution in [0.25, 0.3) is 67.6 Å². The number of benzene rings is 5. The first-order chi connectivity index (χ1) is 28.2. The van der Waals surface area contributed by atoms with Crippen LogP contribution < -0.4 is 10.4 Å². The molecule has 0 saturated carbocycles. The third-order valence-corrected chi connectivity index (χ3v) is 9.91. The second-order valence-electron chi connectivity index (χ2n) is 13.7. The Labute approximate surface area is 332 Å². The Bertz CT molecular complexity index is 3090. The first-order valence-corrected chi connectivity index (χ1v) is 18.5. The lowest BCUT2D eigenvalue weighted by Gasteiger charge is -2.12. The average molecular weight is 765 g/mol. The zero-order valence-electron chi connectivity index (χ0n) is 31.7. The Morgan fingerprint density at radius 1 is 0.672 bits per heavy atom. The van der Waals surface area contributed by atoms with Crippen LogP contribution >= 0.6 is 0 Å². The topological polar surface area (TPSA) is 75.8 Å². The SMILES string of the molecule is C=N/C(=N\C(=N/Cc1cc(C)c(-c2cnc3c(=C)/c(=C\C=C/C)ccc3c2)c(F)c1)c1cc(F)c(-c2cnc3c(ccc4cccnc43)c2)c(F)c1)c1ccccc1. The van der Waals surface area contributed by atoms with Crippen molar-refractivity contribution in [2.75, 3.05) is 0 Å². The molecule has 9 heteroatoms. The minimum Gasteiger partial charge on any atom is -0.261 e. The minimum absolute atomic E-state index is 0.0133. The van der Waals surface area contributed by atoms with Crippen LogP contribution in [0.3, 0.4) is 0 Å². The van der Waals surface area contributed by atoms with Crippen LogP contribution in [0.15, 0.2) is 149 Å². The van der Waals surface area contributed by atoms with E-state index < -0.39 is 17.5 Å². The van der Waals surface area contributed by atoms with Crippen molar-refractivity contribution in [3.63, 3.8) is 0 Å². The van der Waals surface area contributed by atoms with Gasteiger partial charge in [0.1, 0.15) is 17.5 Å². The predicted molar refractivity (Wildman–Crippen MR) is 231 cm³/mol. The largest absolute Gasteiger partial charge is 0.261 e. The third kappa shape index (κ3) is 7.33. The fourth-order valence-electron chi connectivity index (χ4n) is 7.13. The molecule has 3 heterocycles. The van der Waals surface area contributed by atoms with Crippen molar-refractivity contribution in [1.82, 2.24) is 15.0 Å². The standard InChI is InChI=1S/C49H35F3N6/c1-5-6-11-32-15-17-35-22-38(27-55-45(35)30(32)3)43-29(2)20-31(21-40(43)50)26-57-49(58-48(53-4)34-12-8-7-9-13-34)37-24-41(51)44(42(52)25-37)39-23-36-18-16-33-14-10-19-54-46(33)47(36)56-28-39/h5-25,27-28H,3-4,26H2,1-2H3/b6-5-,32-11-,57-49-,58-48-. The van der Waals surface area contributed by atoms with Crippen LogP contribution in [0, 0.1) is 24.4 Å². The molecule has 0 bridgehead atoms. The molecule has 8 rings (SSSR count). The summed E-state index contributed by atoms with van der Waals surface area (Å²) in [6.07, 6.45) is 10.6. The van der Waals surface area contributed by atoms with Gasteiger partial charge in [-0.15, -0.1) is 0 Å². The van der Waals surface area contributed by atoms with E-state index >= 15 is 13.2 Å². The lowest BCUT2D eigenvalue weighted by molar-refractivity contribution is 0.589. The van der Waals surface area contributed by atoms with Crippen LogP contribution in [0.4, 0.5) is 13.2 Å². The summed E-state index contributed by atoms with van der Waals surface area (Å²) < 4.78 is 48.3. The van der Waals surface area contributed by atoms with Crippen molar-refractivity contribution in [3.05, 3.63) is 184 Å². The summed E-state index contributed by atoms with van der Waals surface area (Å²) in [6.45, 7) is 11.6. The van der Waals surface area contributed by atoms with Crippen molar-refractivity contribution in [2.24, 2.45) is 15.0 Å². The molecule has 0 fully saturated rings. The van der Waals surface area contributed by atoms with E-state index in [2.05, 4.69) is 38.2 Å². The molecule has 8 aromatic rings. The molecule has 0 radical (unpaired) electrons. The maximum atomic E-state index is 16.1. The van der Waals surface area contributed by atoms with Gasteiger partial charge < -0.3 is 0 Å². The van der Waals surface area contributed by atoms with Gasteiger partial charge in [-0.25, -0.2) is 23.2 Å². The van der Waals surface area contributed by atoms with Gasteiger partial charge in [0.2, 0.25) is 0 Å². The van der Waals surface area contributed by atoms with Crippen LogP contribution in [0.2, 0.25) is 0 Å². The van der Waals surface area contributed by atoms with Crippen LogP contribution in [-0.2, 0) is 6.54 Å². The van der Waals surface area contributed by atoms with Gasteiger partial charge in [0, 0.05) is 67.8 Å². The molecule has 0 unspecified atom stereocenters. The Hall–Kier alpha value is -7.39. The quantitative estimate of drug-likeness (QED) is 0.0921. The Balaban J connectivity index is 1.17. The number of halogens is 3. The summed E-state index contributed by atoms with van der Waals surface area (Å²) in [4.78, 5) is 27.1. The molecule has 0 aliphatic rings. The van der Waals surface area contributed by atoms with E-state index in [-0.39, 0.29) is 34.9 Å². The number of amidine groups is 2. The van der Waals surface area contributed by atoms with Gasteiger partial charge in [0.05, 0.1) is 28.7 Å². The van der Waals surface area contributed by atoms with Crippen LogP contribution in [0.5, 0.6) is 0 Å². The third-order valence-electron chi connectivity index (χ3n) is 9.91. The molecule has 58 heavy (non-hydrogen) atoms. The summed E-state index contributed by atoms with van der Waals surface area (Å²) >= 11 is 0. The van der Waals surface area contributed by atoms with E-state index in [9.17, 15) is 0 Å². The highest BCUT2D eigenvalue weighted by Gasteiger charge is 2.19. The second kappa shape index (κ2) is 16.0. The van der Waals surface area contributed by atoms with E-state index in [1.807, 2.05) is 98.8 Å². The van der Waals surface area contributed by atoms with Crippen LogP contribution in [-0.4, -0.2) is 33.3 Å². The minimum atomic E-state index is -0.834. The molecular weight excluding hydrogens is 730 g/mol. The normalized spacial score (nSPS) is 12.7. The second-order valence-corrected chi connectivity index (χ2v) is 13.7. The maximum absolute atomic E-state index is 16.1. The first-order valence-electron chi connectivity index (χ1n) is 18.5. The van der Waals surface area contributed by atoms with Gasteiger partial charge in [-0.3, -0.25) is 19.9 Å². The van der Waals surface area contributed by atoms with Crippen molar-refractivity contribution >= 4 is 63.8 Å².